The lowest BCUT2D eigenvalue weighted by atomic mass is 9.90. The summed E-state index contributed by atoms with van der Waals surface area (Å²) in [6.45, 7) is 8.03. The number of likely N-dealkylation sites (tertiary alicyclic amines) is 1. The van der Waals surface area contributed by atoms with Crippen LogP contribution in [0.1, 0.15) is 52.4 Å². The third-order valence-electron chi connectivity index (χ3n) is 4.77. The first kappa shape index (κ1) is 16.8. The minimum absolute atomic E-state index is 0.0668. The number of carbonyl (C=O) groups is 1. The zero-order chi connectivity index (χ0) is 15.2. The Hall–Kier alpha value is -0.610. The van der Waals surface area contributed by atoms with Crippen molar-refractivity contribution in [1.82, 2.24) is 10.2 Å². The van der Waals surface area contributed by atoms with Gasteiger partial charge in [-0.15, -0.1) is 0 Å². The van der Waals surface area contributed by atoms with E-state index in [9.17, 15) is 4.79 Å². The molecule has 0 bridgehead atoms. The molecule has 0 aromatic carbocycles. The summed E-state index contributed by atoms with van der Waals surface area (Å²) in [5.41, 5.74) is 0. The van der Waals surface area contributed by atoms with Crippen molar-refractivity contribution < 1.29 is 9.53 Å². The minimum Gasteiger partial charge on any atom is -0.469 e. The van der Waals surface area contributed by atoms with Crippen molar-refractivity contribution in [3.05, 3.63) is 0 Å². The molecule has 122 valence electrons. The third kappa shape index (κ3) is 5.95. The number of nitrogens with one attached hydrogen (secondary N) is 1. The molecular formula is C17H32N2O2. The number of methoxy groups -OCH3 is 1. The SMILES string of the molecule is COC(=O)CCC1CC(NCCC(C)C)CN(C2CC2)C1. The van der Waals surface area contributed by atoms with E-state index in [1.807, 2.05) is 0 Å². The molecule has 2 aliphatic rings. The van der Waals surface area contributed by atoms with Crippen LogP contribution in [0.3, 0.4) is 0 Å². The number of piperidine rings is 1. The lowest BCUT2D eigenvalue weighted by molar-refractivity contribution is -0.141. The fourth-order valence-corrected chi connectivity index (χ4v) is 3.34. The predicted molar refractivity (Wildman–Crippen MR) is 85.2 cm³/mol. The molecule has 0 aromatic rings. The molecule has 2 unspecified atom stereocenters. The molecule has 0 radical (unpaired) electrons. The fourth-order valence-electron chi connectivity index (χ4n) is 3.34. The molecule has 2 rings (SSSR count). The highest BCUT2D eigenvalue weighted by Gasteiger charge is 2.35. The van der Waals surface area contributed by atoms with Crippen molar-refractivity contribution in [2.24, 2.45) is 11.8 Å². The molecule has 1 aliphatic carbocycles. The Labute approximate surface area is 129 Å². The molecule has 2 fully saturated rings. The number of esters is 1. The van der Waals surface area contributed by atoms with Crippen LogP contribution in [-0.2, 0) is 9.53 Å². The van der Waals surface area contributed by atoms with E-state index in [1.165, 1.54) is 45.9 Å². The first-order valence-electron chi connectivity index (χ1n) is 8.62. The average Bonchev–Trinajstić information content (AvgIpc) is 3.28. The summed E-state index contributed by atoms with van der Waals surface area (Å²) in [4.78, 5) is 14.0. The Morgan fingerprint density at radius 1 is 1.33 bits per heavy atom. The second-order valence-electron chi connectivity index (χ2n) is 7.24. The van der Waals surface area contributed by atoms with Crippen molar-refractivity contribution >= 4 is 5.97 Å². The predicted octanol–water partition coefficient (Wildman–Crippen LogP) is 2.43. The zero-order valence-corrected chi connectivity index (χ0v) is 13.9. The van der Waals surface area contributed by atoms with Gasteiger partial charge < -0.3 is 10.1 Å². The maximum atomic E-state index is 11.4. The number of ether oxygens (including phenoxy) is 1. The lowest BCUT2D eigenvalue weighted by Crippen LogP contribution is -2.50. The summed E-state index contributed by atoms with van der Waals surface area (Å²) in [7, 11) is 1.48. The van der Waals surface area contributed by atoms with Gasteiger partial charge in [0.05, 0.1) is 7.11 Å². The van der Waals surface area contributed by atoms with Gasteiger partial charge >= 0.3 is 5.97 Å². The maximum Gasteiger partial charge on any atom is 0.305 e. The topological polar surface area (TPSA) is 41.6 Å². The van der Waals surface area contributed by atoms with Gasteiger partial charge in [0, 0.05) is 31.6 Å². The summed E-state index contributed by atoms with van der Waals surface area (Å²) < 4.78 is 4.78. The van der Waals surface area contributed by atoms with E-state index in [2.05, 4.69) is 24.1 Å². The zero-order valence-electron chi connectivity index (χ0n) is 13.9. The van der Waals surface area contributed by atoms with Crippen LogP contribution in [0.4, 0.5) is 0 Å². The van der Waals surface area contributed by atoms with Gasteiger partial charge in [-0.3, -0.25) is 9.69 Å². The number of nitrogens with zero attached hydrogens (tertiary/aromatic N) is 1. The van der Waals surface area contributed by atoms with E-state index in [0.29, 0.717) is 18.4 Å². The molecule has 1 aliphatic heterocycles. The van der Waals surface area contributed by atoms with Crippen LogP contribution in [0.25, 0.3) is 0 Å². The van der Waals surface area contributed by atoms with Crippen LogP contribution in [0.2, 0.25) is 0 Å². The largest absolute Gasteiger partial charge is 0.469 e. The highest BCUT2D eigenvalue weighted by Crippen LogP contribution is 2.32. The molecule has 0 amide bonds. The van der Waals surface area contributed by atoms with Gasteiger partial charge in [-0.25, -0.2) is 0 Å². The third-order valence-corrected chi connectivity index (χ3v) is 4.77. The average molecular weight is 296 g/mol. The molecule has 4 heteroatoms. The summed E-state index contributed by atoms with van der Waals surface area (Å²) in [6, 6.07) is 1.42. The summed E-state index contributed by atoms with van der Waals surface area (Å²) in [5.74, 6) is 1.33. The molecule has 1 saturated carbocycles. The van der Waals surface area contributed by atoms with Gasteiger partial charge in [-0.05, 0) is 50.5 Å². The number of carbonyl (C=O) groups excluding carboxylic acids is 1. The Kier molecular flexibility index (Phi) is 6.49. The normalized spacial score (nSPS) is 27.0. The fraction of sp³-hybridized carbons (Fsp3) is 0.941. The van der Waals surface area contributed by atoms with Crippen LogP contribution in [0.15, 0.2) is 0 Å². The summed E-state index contributed by atoms with van der Waals surface area (Å²) in [5, 5.41) is 3.74. The number of rotatable bonds is 8. The minimum atomic E-state index is -0.0668. The van der Waals surface area contributed by atoms with Crippen LogP contribution < -0.4 is 5.32 Å². The van der Waals surface area contributed by atoms with Gasteiger partial charge in [0.15, 0.2) is 0 Å². The van der Waals surface area contributed by atoms with Gasteiger partial charge in [0.25, 0.3) is 0 Å². The molecule has 0 spiro atoms. The molecule has 1 heterocycles. The van der Waals surface area contributed by atoms with E-state index < -0.39 is 0 Å². The van der Waals surface area contributed by atoms with E-state index >= 15 is 0 Å². The molecule has 4 nitrogen and oxygen atoms in total. The van der Waals surface area contributed by atoms with Crippen molar-refractivity contribution in [3.8, 4) is 0 Å². The van der Waals surface area contributed by atoms with E-state index in [4.69, 9.17) is 4.74 Å². The van der Waals surface area contributed by atoms with Crippen molar-refractivity contribution in [2.45, 2.75) is 64.5 Å². The number of hydrogen-bond acceptors (Lipinski definition) is 4. The molecule has 2 atom stereocenters. The van der Waals surface area contributed by atoms with Gasteiger partial charge in [0.2, 0.25) is 0 Å². The maximum absolute atomic E-state index is 11.4. The van der Waals surface area contributed by atoms with Crippen LogP contribution >= 0.6 is 0 Å². The second kappa shape index (κ2) is 8.14. The van der Waals surface area contributed by atoms with Crippen LogP contribution in [0.5, 0.6) is 0 Å². The molecule has 1 N–H and O–H groups in total. The Balaban J connectivity index is 1.78. The molecule has 1 saturated heterocycles. The smallest absolute Gasteiger partial charge is 0.305 e. The first-order valence-corrected chi connectivity index (χ1v) is 8.62. The summed E-state index contributed by atoms with van der Waals surface area (Å²) >= 11 is 0. The summed E-state index contributed by atoms with van der Waals surface area (Å²) in [6.07, 6.45) is 6.71. The van der Waals surface area contributed by atoms with Gasteiger partial charge in [-0.1, -0.05) is 13.8 Å². The quantitative estimate of drug-likeness (QED) is 0.699. The second-order valence-corrected chi connectivity index (χ2v) is 7.24. The van der Waals surface area contributed by atoms with Crippen molar-refractivity contribution in [2.75, 3.05) is 26.7 Å². The van der Waals surface area contributed by atoms with Gasteiger partial charge in [-0.2, -0.15) is 0 Å². The Morgan fingerprint density at radius 2 is 2.10 bits per heavy atom. The molecular weight excluding hydrogens is 264 g/mol. The van der Waals surface area contributed by atoms with Crippen molar-refractivity contribution in [1.29, 1.82) is 0 Å². The number of hydrogen-bond donors (Lipinski definition) is 1. The van der Waals surface area contributed by atoms with Crippen LogP contribution in [-0.4, -0.2) is 49.7 Å². The lowest BCUT2D eigenvalue weighted by Gasteiger charge is -2.38. The van der Waals surface area contributed by atoms with Crippen molar-refractivity contribution in [3.63, 3.8) is 0 Å². The monoisotopic (exact) mass is 296 g/mol. The van der Waals surface area contributed by atoms with E-state index in [-0.39, 0.29) is 5.97 Å². The van der Waals surface area contributed by atoms with Crippen LogP contribution in [0, 0.1) is 11.8 Å². The highest BCUT2D eigenvalue weighted by atomic mass is 16.5. The Bertz CT molecular complexity index is 329. The van der Waals surface area contributed by atoms with E-state index in [0.717, 1.165) is 24.9 Å². The molecule has 0 aromatic heterocycles. The first-order chi connectivity index (χ1) is 10.1. The van der Waals surface area contributed by atoms with Gasteiger partial charge in [0.1, 0.15) is 0 Å². The molecule has 21 heavy (non-hydrogen) atoms. The highest BCUT2D eigenvalue weighted by molar-refractivity contribution is 5.69. The van der Waals surface area contributed by atoms with E-state index in [1.54, 1.807) is 0 Å². The standard InChI is InChI=1S/C17H32N2O2/c1-13(2)8-9-18-15-10-14(4-7-17(20)21-3)11-19(12-15)16-5-6-16/h13-16,18H,4-12H2,1-3H3. The Morgan fingerprint density at radius 3 is 2.71 bits per heavy atom.